The molecule has 96 valence electrons. The Morgan fingerprint density at radius 1 is 1.28 bits per heavy atom. The molecule has 1 aromatic carbocycles. The molecule has 0 bridgehead atoms. The van der Waals surface area contributed by atoms with E-state index < -0.39 is 6.10 Å². The highest BCUT2D eigenvalue weighted by atomic mass is 16.5. The average molecular weight is 246 g/mol. The molecular weight excluding hydrogens is 228 g/mol. The molecule has 0 aromatic heterocycles. The quantitative estimate of drug-likeness (QED) is 0.753. The maximum absolute atomic E-state index is 12.1. The summed E-state index contributed by atoms with van der Waals surface area (Å²) < 4.78 is 5.34. The summed E-state index contributed by atoms with van der Waals surface area (Å²) in [7, 11) is 0. The Balaban J connectivity index is 2.11. The second-order valence-electron chi connectivity index (χ2n) is 4.92. The molecule has 3 nitrogen and oxygen atoms in total. The Morgan fingerprint density at radius 3 is 2.78 bits per heavy atom. The van der Waals surface area contributed by atoms with E-state index in [9.17, 15) is 9.59 Å². The number of Topliss-reactive ketones (excluding diaryl/α,β-unsaturated/α-hetero) is 1. The molecule has 1 fully saturated rings. The summed E-state index contributed by atoms with van der Waals surface area (Å²) in [6, 6.07) is 5.66. The molecule has 1 aliphatic carbocycles. The molecule has 1 atom stereocenters. The first-order valence-electron chi connectivity index (χ1n) is 6.39. The molecule has 0 radical (unpaired) electrons. The topological polar surface area (TPSA) is 43.4 Å². The second kappa shape index (κ2) is 5.34. The van der Waals surface area contributed by atoms with Gasteiger partial charge in [-0.3, -0.25) is 4.79 Å². The van der Waals surface area contributed by atoms with Crippen LogP contribution in [0.3, 0.4) is 0 Å². The maximum atomic E-state index is 12.1. The first kappa shape index (κ1) is 12.8. The molecule has 1 aliphatic rings. The minimum atomic E-state index is -0.536. The SMILES string of the molecule is Cc1ccc(C)c(C(=O)O[C@H]2CCCCC2=O)c1. The van der Waals surface area contributed by atoms with Crippen LogP contribution in [0.2, 0.25) is 0 Å². The summed E-state index contributed by atoms with van der Waals surface area (Å²) >= 11 is 0. The van der Waals surface area contributed by atoms with Gasteiger partial charge in [0.15, 0.2) is 11.9 Å². The third kappa shape index (κ3) is 2.78. The number of rotatable bonds is 2. The van der Waals surface area contributed by atoms with Crippen molar-refractivity contribution < 1.29 is 14.3 Å². The number of ketones is 1. The number of esters is 1. The highest BCUT2D eigenvalue weighted by Crippen LogP contribution is 2.20. The Kier molecular flexibility index (Phi) is 3.80. The van der Waals surface area contributed by atoms with Crippen LogP contribution in [0.15, 0.2) is 18.2 Å². The average Bonchev–Trinajstić information content (AvgIpc) is 2.35. The molecule has 1 aromatic rings. The fourth-order valence-corrected chi connectivity index (χ4v) is 2.22. The zero-order chi connectivity index (χ0) is 13.1. The molecule has 18 heavy (non-hydrogen) atoms. The number of hydrogen-bond acceptors (Lipinski definition) is 3. The fraction of sp³-hybridized carbons (Fsp3) is 0.467. The van der Waals surface area contributed by atoms with E-state index >= 15 is 0 Å². The lowest BCUT2D eigenvalue weighted by atomic mass is 9.96. The first-order chi connectivity index (χ1) is 8.58. The predicted molar refractivity (Wildman–Crippen MR) is 68.6 cm³/mol. The molecule has 2 rings (SSSR count). The van der Waals surface area contributed by atoms with E-state index in [1.165, 1.54) is 0 Å². The summed E-state index contributed by atoms with van der Waals surface area (Å²) in [6.07, 6.45) is 2.53. The largest absolute Gasteiger partial charge is 0.451 e. The van der Waals surface area contributed by atoms with Crippen molar-refractivity contribution in [3.05, 3.63) is 34.9 Å². The fourth-order valence-electron chi connectivity index (χ4n) is 2.22. The molecule has 0 amide bonds. The van der Waals surface area contributed by atoms with Crippen molar-refractivity contribution in [2.75, 3.05) is 0 Å². The van der Waals surface area contributed by atoms with Gasteiger partial charge in [-0.05, 0) is 44.7 Å². The van der Waals surface area contributed by atoms with Gasteiger partial charge in [-0.15, -0.1) is 0 Å². The summed E-state index contributed by atoms with van der Waals surface area (Å²) in [5.41, 5.74) is 2.46. The van der Waals surface area contributed by atoms with Crippen LogP contribution in [0.25, 0.3) is 0 Å². The summed E-state index contributed by atoms with van der Waals surface area (Å²) in [4.78, 5) is 23.7. The Labute approximate surface area is 107 Å². The standard InChI is InChI=1S/C15H18O3/c1-10-7-8-11(2)12(9-10)15(17)18-14-6-4-3-5-13(14)16/h7-9,14H,3-6H2,1-2H3/t14-/m0/s1. The van der Waals surface area contributed by atoms with Gasteiger partial charge in [0.05, 0.1) is 5.56 Å². The minimum absolute atomic E-state index is 0.0555. The van der Waals surface area contributed by atoms with Gasteiger partial charge in [0.2, 0.25) is 0 Å². The molecular formula is C15H18O3. The summed E-state index contributed by atoms with van der Waals surface area (Å²) in [5, 5.41) is 0. The third-order valence-corrected chi connectivity index (χ3v) is 3.36. The van der Waals surface area contributed by atoms with Gasteiger partial charge >= 0.3 is 5.97 Å². The van der Waals surface area contributed by atoms with Crippen LogP contribution in [0.5, 0.6) is 0 Å². The van der Waals surface area contributed by atoms with Gasteiger partial charge in [-0.25, -0.2) is 4.79 Å². The second-order valence-corrected chi connectivity index (χ2v) is 4.92. The van der Waals surface area contributed by atoms with Gasteiger partial charge in [-0.1, -0.05) is 17.7 Å². The predicted octanol–water partition coefficient (Wildman–Crippen LogP) is 2.97. The van der Waals surface area contributed by atoms with Crippen molar-refractivity contribution in [2.24, 2.45) is 0 Å². The monoisotopic (exact) mass is 246 g/mol. The number of carbonyl (C=O) groups is 2. The molecule has 0 unspecified atom stereocenters. The number of ether oxygens (including phenoxy) is 1. The van der Waals surface area contributed by atoms with E-state index in [0.717, 1.165) is 24.0 Å². The number of benzene rings is 1. The Bertz CT molecular complexity index is 477. The minimum Gasteiger partial charge on any atom is -0.451 e. The van der Waals surface area contributed by atoms with E-state index in [0.29, 0.717) is 18.4 Å². The maximum Gasteiger partial charge on any atom is 0.339 e. The number of hydrogen-bond donors (Lipinski definition) is 0. The van der Waals surface area contributed by atoms with Gasteiger partial charge in [0, 0.05) is 6.42 Å². The van der Waals surface area contributed by atoms with Crippen molar-refractivity contribution in [3.8, 4) is 0 Å². The lowest BCUT2D eigenvalue weighted by molar-refractivity contribution is -0.129. The van der Waals surface area contributed by atoms with Gasteiger partial charge in [0.25, 0.3) is 0 Å². The first-order valence-corrected chi connectivity index (χ1v) is 6.39. The summed E-state index contributed by atoms with van der Waals surface area (Å²) in [5.74, 6) is -0.323. The van der Waals surface area contributed by atoms with Crippen molar-refractivity contribution in [1.29, 1.82) is 0 Å². The van der Waals surface area contributed by atoms with Crippen molar-refractivity contribution in [3.63, 3.8) is 0 Å². The normalized spacial score (nSPS) is 19.7. The Hall–Kier alpha value is -1.64. The van der Waals surface area contributed by atoms with Crippen LogP contribution < -0.4 is 0 Å². The van der Waals surface area contributed by atoms with Gasteiger partial charge in [0.1, 0.15) is 0 Å². The van der Waals surface area contributed by atoms with Crippen LogP contribution in [-0.2, 0) is 9.53 Å². The molecule has 0 spiro atoms. The van der Waals surface area contributed by atoms with Gasteiger partial charge < -0.3 is 4.74 Å². The van der Waals surface area contributed by atoms with Crippen LogP contribution in [0, 0.1) is 13.8 Å². The van der Waals surface area contributed by atoms with E-state index in [1.54, 1.807) is 0 Å². The zero-order valence-electron chi connectivity index (χ0n) is 10.9. The molecule has 0 aliphatic heterocycles. The molecule has 0 N–H and O–H groups in total. The third-order valence-electron chi connectivity index (χ3n) is 3.36. The highest BCUT2D eigenvalue weighted by molar-refractivity contribution is 5.94. The van der Waals surface area contributed by atoms with E-state index in [2.05, 4.69) is 0 Å². The van der Waals surface area contributed by atoms with E-state index in [1.807, 2.05) is 32.0 Å². The van der Waals surface area contributed by atoms with E-state index in [4.69, 9.17) is 4.74 Å². The van der Waals surface area contributed by atoms with Gasteiger partial charge in [-0.2, -0.15) is 0 Å². The van der Waals surface area contributed by atoms with Crippen LogP contribution >= 0.6 is 0 Å². The highest BCUT2D eigenvalue weighted by Gasteiger charge is 2.26. The van der Waals surface area contributed by atoms with Crippen molar-refractivity contribution in [2.45, 2.75) is 45.6 Å². The van der Waals surface area contributed by atoms with Crippen molar-refractivity contribution in [1.82, 2.24) is 0 Å². The molecule has 0 saturated heterocycles. The van der Waals surface area contributed by atoms with Crippen molar-refractivity contribution >= 4 is 11.8 Å². The lowest BCUT2D eigenvalue weighted by Gasteiger charge is -2.21. The zero-order valence-corrected chi connectivity index (χ0v) is 10.9. The van der Waals surface area contributed by atoms with Crippen LogP contribution in [0.1, 0.15) is 47.2 Å². The number of carbonyl (C=O) groups excluding carboxylic acids is 2. The molecule has 3 heteroatoms. The number of aryl methyl sites for hydroxylation is 2. The van der Waals surface area contributed by atoms with Crippen LogP contribution in [-0.4, -0.2) is 17.9 Å². The van der Waals surface area contributed by atoms with E-state index in [-0.39, 0.29) is 11.8 Å². The molecule has 1 saturated carbocycles. The lowest BCUT2D eigenvalue weighted by Crippen LogP contribution is -2.30. The summed E-state index contributed by atoms with van der Waals surface area (Å²) in [6.45, 7) is 3.81. The molecule has 0 heterocycles. The smallest absolute Gasteiger partial charge is 0.339 e. The van der Waals surface area contributed by atoms with Crippen LogP contribution in [0.4, 0.5) is 0 Å². The Morgan fingerprint density at radius 2 is 2.06 bits per heavy atom.